The first-order valence-electron chi connectivity index (χ1n) is 4.06. The minimum atomic E-state index is 0.766. The van der Waals surface area contributed by atoms with Gasteiger partial charge in [-0.3, -0.25) is 0 Å². The molecule has 1 aliphatic carbocycles. The van der Waals surface area contributed by atoms with Gasteiger partial charge < -0.3 is 0 Å². The molecule has 0 radical (unpaired) electrons. The molecule has 1 aromatic rings. The van der Waals surface area contributed by atoms with E-state index in [1.807, 2.05) is 0 Å². The van der Waals surface area contributed by atoms with Gasteiger partial charge in [-0.2, -0.15) is 0 Å². The lowest BCUT2D eigenvalue weighted by Crippen LogP contribution is -1.85. The molecule has 58 valence electrons. The third kappa shape index (κ3) is 1.12. The number of fused-ring (bicyclic) bond motifs is 1. The monoisotopic (exact) mass is 210 g/mol. The molecule has 1 unspecified atom stereocenters. The Balaban J connectivity index is 2.57. The molecule has 0 aliphatic heterocycles. The van der Waals surface area contributed by atoms with Gasteiger partial charge in [-0.15, -0.1) is 0 Å². The molecule has 0 amide bonds. The van der Waals surface area contributed by atoms with Crippen molar-refractivity contribution in [3.05, 3.63) is 33.8 Å². The van der Waals surface area contributed by atoms with E-state index in [4.69, 9.17) is 0 Å². The van der Waals surface area contributed by atoms with E-state index < -0.39 is 0 Å². The second-order valence-corrected chi connectivity index (χ2v) is 4.10. The molecule has 1 aliphatic rings. The molecule has 0 fully saturated rings. The molecule has 1 heteroatoms. The summed E-state index contributed by atoms with van der Waals surface area (Å²) in [5.41, 5.74) is 3.07. The minimum Gasteiger partial charge on any atom is -0.0608 e. The molecule has 0 saturated carbocycles. The van der Waals surface area contributed by atoms with E-state index in [1.54, 1.807) is 5.56 Å². The van der Waals surface area contributed by atoms with Crippen LogP contribution in [0, 0.1) is 0 Å². The topological polar surface area (TPSA) is 0 Å². The van der Waals surface area contributed by atoms with Gasteiger partial charge in [0.25, 0.3) is 0 Å². The van der Waals surface area contributed by atoms with Gasteiger partial charge >= 0.3 is 0 Å². The molecule has 0 N–H and O–H groups in total. The summed E-state index contributed by atoms with van der Waals surface area (Å²) in [4.78, 5) is 0. The smallest absolute Gasteiger partial charge is 0.0210 e. The van der Waals surface area contributed by atoms with Crippen molar-refractivity contribution < 1.29 is 0 Å². The molecule has 1 aromatic carbocycles. The van der Waals surface area contributed by atoms with Crippen LogP contribution in [0.4, 0.5) is 0 Å². The lowest BCUT2D eigenvalue weighted by Gasteiger charge is -2.03. The normalized spacial score (nSPS) is 21.8. The van der Waals surface area contributed by atoms with E-state index in [-0.39, 0.29) is 0 Å². The number of benzene rings is 1. The second kappa shape index (κ2) is 2.63. The Morgan fingerprint density at radius 2 is 2.27 bits per heavy atom. The maximum absolute atomic E-state index is 3.57. The molecular weight excluding hydrogens is 200 g/mol. The van der Waals surface area contributed by atoms with Crippen molar-refractivity contribution in [2.75, 3.05) is 0 Å². The quantitative estimate of drug-likeness (QED) is 0.616. The van der Waals surface area contributed by atoms with Gasteiger partial charge in [0, 0.05) is 4.47 Å². The molecule has 0 heterocycles. The third-order valence-electron chi connectivity index (χ3n) is 2.51. The predicted octanol–water partition coefficient (Wildman–Crippen LogP) is 3.50. The fraction of sp³-hybridized carbons (Fsp3) is 0.400. The van der Waals surface area contributed by atoms with Crippen LogP contribution in [0.5, 0.6) is 0 Å². The Morgan fingerprint density at radius 1 is 1.45 bits per heavy atom. The molecule has 1 atom stereocenters. The Morgan fingerprint density at radius 3 is 3.00 bits per heavy atom. The highest BCUT2D eigenvalue weighted by Crippen LogP contribution is 2.36. The summed E-state index contributed by atoms with van der Waals surface area (Å²) in [5, 5.41) is 0. The van der Waals surface area contributed by atoms with Crippen LogP contribution in [0.2, 0.25) is 0 Å². The van der Waals surface area contributed by atoms with Crippen molar-refractivity contribution in [1.29, 1.82) is 0 Å². The summed E-state index contributed by atoms with van der Waals surface area (Å²) in [7, 11) is 0. The zero-order chi connectivity index (χ0) is 7.84. The molecule has 11 heavy (non-hydrogen) atoms. The number of halogens is 1. The van der Waals surface area contributed by atoms with Crippen LogP contribution >= 0.6 is 15.9 Å². The standard InChI is InChI=1S/C10H11Br/c1-7-5-6-9-8(7)3-2-4-10(9)11/h2-4,7H,5-6H2,1H3. The third-order valence-corrected chi connectivity index (χ3v) is 3.26. The van der Waals surface area contributed by atoms with Crippen LogP contribution in [0.25, 0.3) is 0 Å². The summed E-state index contributed by atoms with van der Waals surface area (Å²) in [6, 6.07) is 6.51. The molecule has 0 aromatic heterocycles. The zero-order valence-electron chi connectivity index (χ0n) is 6.60. The van der Waals surface area contributed by atoms with Gasteiger partial charge in [0.1, 0.15) is 0 Å². The predicted molar refractivity (Wildman–Crippen MR) is 50.9 cm³/mol. The first-order chi connectivity index (χ1) is 5.29. The number of hydrogen-bond acceptors (Lipinski definition) is 0. The molecule has 0 bridgehead atoms. The van der Waals surface area contributed by atoms with Crippen LogP contribution < -0.4 is 0 Å². The van der Waals surface area contributed by atoms with Gasteiger partial charge in [-0.1, -0.05) is 35.0 Å². The number of hydrogen-bond donors (Lipinski definition) is 0. The molecule has 2 rings (SSSR count). The maximum Gasteiger partial charge on any atom is 0.0210 e. The highest BCUT2D eigenvalue weighted by molar-refractivity contribution is 9.10. The molecule has 0 spiro atoms. The van der Waals surface area contributed by atoms with Crippen LogP contribution in [0.15, 0.2) is 22.7 Å². The summed E-state index contributed by atoms with van der Waals surface area (Å²) >= 11 is 3.57. The Kier molecular flexibility index (Phi) is 1.76. The SMILES string of the molecule is CC1CCc2c(Br)cccc21. The zero-order valence-corrected chi connectivity index (χ0v) is 8.19. The Bertz CT molecular complexity index is 278. The van der Waals surface area contributed by atoms with Crippen molar-refractivity contribution in [3.63, 3.8) is 0 Å². The first-order valence-corrected chi connectivity index (χ1v) is 4.85. The van der Waals surface area contributed by atoms with E-state index in [0.717, 1.165) is 5.92 Å². The van der Waals surface area contributed by atoms with Crippen LogP contribution in [0.1, 0.15) is 30.4 Å². The molecule has 0 nitrogen and oxygen atoms in total. The summed E-state index contributed by atoms with van der Waals surface area (Å²) in [6.07, 6.45) is 2.57. The van der Waals surface area contributed by atoms with Crippen molar-refractivity contribution in [3.8, 4) is 0 Å². The van der Waals surface area contributed by atoms with E-state index in [0.29, 0.717) is 0 Å². The van der Waals surface area contributed by atoms with E-state index in [9.17, 15) is 0 Å². The van der Waals surface area contributed by atoms with Gasteiger partial charge in [0.2, 0.25) is 0 Å². The molecular formula is C10H11Br. The van der Waals surface area contributed by atoms with Crippen molar-refractivity contribution in [1.82, 2.24) is 0 Å². The average molecular weight is 211 g/mol. The lowest BCUT2D eigenvalue weighted by atomic mass is 10.0. The van der Waals surface area contributed by atoms with E-state index in [2.05, 4.69) is 41.1 Å². The lowest BCUT2D eigenvalue weighted by molar-refractivity contribution is 0.747. The van der Waals surface area contributed by atoms with E-state index in [1.165, 1.54) is 22.9 Å². The van der Waals surface area contributed by atoms with Gasteiger partial charge in [-0.05, 0) is 36.0 Å². The highest BCUT2D eigenvalue weighted by Gasteiger charge is 2.19. The average Bonchev–Trinajstić information content (AvgIpc) is 2.35. The van der Waals surface area contributed by atoms with Crippen LogP contribution in [-0.4, -0.2) is 0 Å². The Labute approximate surface area is 75.8 Å². The van der Waals surface area contributed by atoms with Crippen LogP contribution in [-0.2, 0) is 6.42 Å². The second-order valence-electron chi connectivity index (χ2n) is 3.25. The van der Waals surface area contributed by atoms with Crippen LogP contribution in [0.3, 0.4) is 0 Å². The fourth-order valence-electron chi connectivity index (χ4n) is 1.82. The minimum absolute atomic E-state index is 0.766. The first kappa shape index (κ1) is 7.35. The summed E-state index contributed by atoms with van der Waals surface area (Å²) in [5.74, 6) is 0.766. The Hall–Kier alpha value is -0.300. The highest BCUT2D eigenvalue weighted by atomic mass is 79.9. The fourth-order valence-corrected chi connectivity index (χ4v) is 2.40. The van der Waals surface area contributed by atoms with Crippen molar-refractivity contribution >= 4 is 15.9 Å². The van der Waals surface area contributed by atoms with Gasteiger partial charge in [0.05, 0.1) is 0 Å². The number of rotatable bonds is 0. The van der Waals surface area contributed by atoms with Gasteiger partial charge in [0.15, 0.2) is 0 Å². The van der Waals surface area contributed by atoms with Crippen molar-refractivity contribution in [2.45, 2.75) is 25.7 Å². The van der Waals surface area contributed by atoms with E-state index >= 15 is 0 Å². The largest absolute Gasteiger partial charge is 0.0608 e. The van der Waals surface area contributed by atoms with Crippen molar-refractivity contribution in [2.24, 2.45) is 0 Å². The maximum atomic E-state index is 3.57. The summed E-state index contributed by atoms with van der Waals surface area (Å²) in [6.45, 7) is 2.30. The molecule has 0 saturated heterocycles. The van der Waals surface area contributed by atoms with Gasteiger partial charge in [-0.25, -0.2) is 0 Å². The summed E-state index contributed by atoms with van der Waals surface area (Å²) < 4.78 is 1.29.